The first kappa shape index (κ1) is 15.1. The zero-order valence-electron chi connectivity index (χ0n) is 12.1. The average Bonchev–Trinajstić information content (AvgIpc) is 2.95. The summed E-state index contributed by atoms with van der Waals surface area (Å²) in [6.07, 6.45) is 0.395. The van der Waals surface area contributed by atoms with Crippen LogP contribution in [0.15, 0.2) is 40.8 Å². The molecule has 21 heavy (non-hydrogen) atoms. The van der Waals surface area contributed by atoms with Crippen LogP contribution in [0.3, 0.4) is 0 Å². The molecule has 0 aliphatic heterocycles. The topological polar surface area (TPSA) is 74.5 Å². The number of rotatable bonds is 7. The summed E-state index contributed by atoms with van der Waals surface area (Å²) < 4.78 is 5.39. The van der Waals surface area contributed by atoms with Gasteiger partial charge in [-0.15, -0.1) is 0 Å². The van der Waals surface area contributed by atoms with Crippen LogP contribution in [0.4, 0.5) is 5.69 Å². The molecule has 5 nitrogen and oxygen atoms in total. The highest BCUT2D eigenvalue weighted by atomic mass is 16.4. The zero-order chi connectivity index (χ0) is 15.1. The van der Waals surface area contributed by atoms with Crippen LogP contribution in [-0.2, 0) is 24.4 Å². The lowest BCUT2D eigenvalue weighted by Gasteiger charge is -2.06. The van der Waals surface area contributed by atoms with Gasteiger partial charge in [0.15, 0.2) is 0 Å². The third-order valence-corrected chi connectivity index (χ3v) is 3.03. The molecule has 0 spiro atoms. The lowest BCUT2D eigenvalue weighted by Crippen LogP contribution is -2.24. The number of aliphatic hydroxyl groups excluding tert-OH is 1. The van der Waals surface area contributed by atoms with E-state index in [1.807, 2.05) is 37.3 Å². The first-order valence-electron chi connectivity index (χ1n) is 6.99. The molecule has 1 aromatic carbocycles. The van der Waals surface area contributed by atoms with Crippen molar-refractivity contribution in [1.82, 2.24) is 5.32 Å². The van der Waals surface area contributed by atoms with Gasteiger partial charge in [0, 0.05) is 12.2 Å². The molecule has 0 radical (unpaired) electrons. The van der Waals surface area contributed by atoms with E-state index in [1.54, 1.807) is 6.07 Å². The van der Waals surface area contributed by atoms with E-state index in [2.05, 4.69) is 10.6 Å². The van der Waals surface area contributed by atoms with E-state index in [9.17, 15) is 4.79 Å². The average molecular weight is 288 g/mol. The zero-order valence-corrected chi connectivity index (χ0v) is 12.1. The van der Waals surface area contributed by atoms with Crippen molar-refractivity contribution >= 4 is 11.6 Å². The molecule has 0 bridgehead atoms. The van der Waals surface area contributed by atoms with Crippen LogP contribution in [0.25, 0.3) is 0 Å². The number of likely N-dealkylation sites (N-methyl/N-ethyl adjacent to an activating group) is 1. The van der Waals surface area contributed by atoms with Gasteiger partial charge in [-0.2, -0.15) is 0 Å². The van der Waals surface area contributed by atoms with Crippen LogP contribution < -0.4 is 10.6 Å². The van der Waals surface area contributed by atoms with E-state index in [-0.39, 0.29) is 12.5 Å². The van der Waals surface area contributed by atoms with Gasteiger partial charge in [0.2, 0.25) is 5.91 Å². The maximum atomic E-state index is 11.5. The van der Waals surface area contributed by atoms with Crippen molar-refractivity contribution in [1.29, 1.82) is 0 Å². The minimum absolute atomic E-state index is 0.0327. The molecule has 1 amide bonds. The Kier molecular flexibility index (Phi) is 5.40. The van der Waals surface area contributed by atoms with E-state index in [0.29, 0.717) is 25.3 Å². The maximum Gasteiger partial charge on any atom is 0.224 e. The highest BCUT2D eigenvalue weighted by molar-refractivity contribution is 5.78. The van der Waals surface area contributed by atoms with Crippen LogP contribution in [0.2, 0.25) is 0 Å². The SMILES string of the molecule is CCNC(=O)Cc1ccc(NCc2ccc(CO)o2)cc1. The Morgan fingerprint density at radius 2 is 1.86 bits per heavy atom. The Bertz CT molecular complexity index is 575. The molecule has 1 aromatic heterocycles. The minimum Gasteiger partial charge on any atom is -0.462 e. The van der Waals surface area contributed by atoms with Gasteiger partial charge in [0.05, 0.1) is 13.0 Å². The largest absolute Gasteiger partial charge is 0.462 e. The molecule has 112 valence electrons. The fraction of sp³-hybridized carbons (Fsp3) is 0.312. The number of furan rings is 1. The van der Waals surface area contributed by atoms with Gasteiger partial charge in [-0.05, 0) is 36.8 Å². The molecule has 0 unspecified atom stereocenters. The molecule has 0 saturated heterocycles. The monoisotopic (exact) mass is 288 g/mol. The summed E-state index contributed by atoms with van der Waals surface area (Å²) in [7, 11) is 0. The molecular formula is C16H20N2O3. The molecular weight excluding hydrogens is 268 g/mol. The van der Waals surface area contributed by atoms with E-state index in [1.165, 1.54) is 0 Å². The van der Waals surface area contributed by atoms with Gasteiger partial charge in [-0.25, -0.2) is 0 Å². The number of anilines is 1. The van der Waals surface area contributed by atoms with Gasteiger partial charge in [0.25, 0.3) is 0 Å². The number of aliphatic hydroxyl groups is 1. The van der Waals surface area contributed by atoms with E-state index < -0.39 is 0 Å². The second-order valence-corrected chi connectivity index (χ2v) is 4.71. The fourth-order valence-electron chi connectivity index (χ4n) is 1.98. The Morgan fingerprint density at radius 1 is 1.14 bits per heavy atom. The number of hydrogen-bond donors (Lipinski definition) is 3. The van der Waals surface area contributed by atoms with Crippen molar-refractivity contribution in [2.45, 2.75) is 26.5 Å². The van der Waals surface area contributed by atoms with Crippen LogP contribution in [-0.4, -0.2) is 17.6 Å². The Labute approximate surface area is 124 Å². The molecule has 2 rings (SSSR count). The van der Waals surface area contributed by atoms with Crippen LogP contribution in [0, 0.1) is 0 Å². The van der Waals surface area contributed by atoms with Crippen LogP contribution in [0.1, 0.15) is 24.0 Å². The lowest BCUT2D eigenvalue weighted by molar-refractivity contribution is -0.120. The number of nitrogens with one attached hydrogen (secondary N) is 2. The van der Waals surface area contributed by atoms with Crippen molar-refractivity contribution in [2.75, 3.05) is 11.9 Å². The van der Waals surface area contributed by atoms with Crippen molar-refractivity contribution in [3.05, 3.63) is 53.5 Å². The molecule has 1 heterocycles. The second-order valence-electron chi connectivity index (χ2n) is 4.71. The summed E-state index contributed by atoms with van der Waals surface area (Å²) in [6, 6.07) is 11.3. The number of hydrogen-bond acceptors (Lipinski definition) is 4. The minimum atomic E-state index is -0.0888. The Morgan fingerprint density at radius 3 is 2.48 bits per heavy atom. The predicted molar refractivity (Wildman–Crippen MR) is 80.8 cm³/mol. The summed E-state index contributed by atoms with van der Waals surface area (Å²) in [6.45, 7) is 3.02. The molecule has 0 fully saturated rings. The van der Waals surface area contributed by atoms with Gasteiger partial charge in [-0.1, -0.05) is 12.1 Å². The Hall–Kier alpha value is -2.27. The number of benzene rings is 1. The maximum absolute atomic E-state index is 11.5. The number of carbonyl (C=O) groups excluding carboxylic acids is 1. The quantitative estimate of drug-likeness (QED) is 0.729. The van der Waals surface area contributed by atoms with Gasteiger partial charge >= 0.3 is 0 Å². The molecule has 5 heteroatoms. The van der Waals surface area contributed by atoms with E-state index in [0.717, 1.165) is 17.0 Å². The summed E-state index contributed by atoms with van der Waals surface area (Å²) in [4.78, 5) is 11.5. The summed E-state index contributed by atoms with van der Waals surface area (Å²) in [5.74, 6) is 1.36. The van der Waals surface area contributed by atoms with Crippen LogP contribution in [0.5, 0.6) is 0 Å². The molecule has 0 saturated carbocycles. The summed E-state index contributed by atoms with van der Waals surface area (Å²) in [5.41, 5.74) is 1.93. The van der Waals surface area contributed by atoms with Gasteiger partial charge in [0.1, 0.15) is 18.1 Å². The molecule has 3 N–H and O–H groups in total. The van der Waals surface area contributed by atoms with Crippen molar-refractivity contribution in [3.63, 3.8) is 0 Å². The van der Waals surface area contributed by atoms with Crippen LogP contribution >= 0.6 is 0 Å². The molecule has 0 atom stereocenters. The molecule has 0 aliphatic carbocycles. The highest BCUT2D eigenvalue weighted by Gasteiger charge is 2.03. The van der Waals surface area contributed by atoms with E-state index >= 15 is 0 Å². The second kappa shape index (κ2) is 7.50. The van der Waals surface area contributed by atoms with Gasteiger partial charge < -0.3 is 20.2 Å². The normalized spacial score (nSPS) is 10.4. The third kappa shape index (κ3) is 4.65. The van der Waals surface area contributed by atoms with Crippen molar-refractivity contribution in [2.24, 2.45) is 0 Å². The summed E-state index contributed by atoms with van der Waals surface area (Å²) >= 11 is 0. The molecule has 0 aliphatic rings. The van der Waals surface area contributed by atoms with E-state index in [4.69, 9.17) is 9.52 Å². The first-order valence-corrected chi connectivity index (χ1v) is 6.99. The predicted octanol–water partition coefficient (Wildman–Crippen LogP) is 2.06. The number of carbonyl (C=O) groups is 1. The third-order valence-electron chi connectivity index (χ3n) is 3.03. The standard InChI is InChI=1S/C16H20N2O3/c1-2-17-16(20)9-12-3-5-13(6-4-12)18-10-14-7-8-15(11-19)21-14/h3-8,18-19H,2,9-11H2,1H3,(H,17,20). The fourth-order valence-corrected chi connectivity index (χ4v) is 1.98. The lowest BCUT2D eigenvalue weighted by atomic mass is 10.1. The van der Waals surface area contributed by atoms with Gasteiger partial charge in [-0.3, -0.25) is 4.79 Å². The first-order chi connectivity index (χ1) is 10.2. The van der Waals surface area contributed by atoms with Crippen molar-refractivity contribution < 1.29 is 14.3 Å². The highest BCUT2D eigenvalue weighted by Crippen LogP contribution is 2.13. The molecule has 2 aromatic rings. The Balaban J connectivity index is 1.85. The number of amides is 1. The summed E-state index contributed by atoms with van der Waals surface area (Å²) in [5, 5.41) is 14.9. The smallest absolute Gasteiger partial charge is 0.224 e. The van der Waals surface area contributed by atoms with Crippen molar-refractivity contribution in [3.8, 4) is 0 Å².